The molecule has 8 heteroatoms. The van der Waals surface area contributed by atoms with E-state index < -0.39 is 5.82 Å². The smallest absolute Gasteiger partial charge is 0.250 e. The summed E-state index contributed by atoms with van der Waals surface area (Å²) in [5.41, 5.74) is 1.82. The average molecular weight is 416 g/mol. The Labute approximate surface area is 169 Å². The molecule has 28 heavy (non-hydrogen) atoms. The molecule has 3 aromatic rings. The highest BCUT2D eigenvalue weighted by molar-refractivity contribution is 7.14. The molecule has 0 radical (unpaired) electrons. The second-order valence-electron chi connectivity index (χ2n) is 5.73. The minimum Gasteiger partial charge on any atom is -0.326 e. The summed E-state index contributed by atoms with van der Waals surface area (Å²) in [7, 11) is 0. The van der Waals surface area contributed by atoms with Crippen LogP contribution in [0.25, 0.3) is 6.08 Å². The Hall–Kier alpha value is -3.03. The summed E-state index contributed by atoms with van der Waals surface area (Å²) in [6, 6.07) is 13.4. The normalized spacial score (nSPS) is 10.8. The van der Waals surface area contributed by atoms with Crippen LogP contribution < -0.4 is 10.6 Å². The highest BCUT2D eigenvalue weighted by Crippen LogP contribution is 2.20. The Bertz CT molecular complexity index is 1020. The summed E-state index contributed by atoms with van der Waals surface area (Å²) < 4.78 is 13.1. The van der Waals surface area contributed by atoms with Crippen LogP contribution in [-0.4, -0.2) is 16.8 Å². The van der Waals surface area contributed by atoms with Crippen molar-refractivity contribution in [2.75, 3.05) is 10.6 Å². The molecule has 142 valence electrons. The van der Waals surface area contributed by atoms with E-state index in [0.717, 1.165) is 5.56 Å². The molecule has 5 nitrogen and oxygen atoms in total. The quantitative estimate of drug-likeness (QED) is 0.570. The van der Waals surface area contributed by atoms with Gasteiger partial charge in [0.1, 0.15) is 5.82 Å². The summed E-state index contributed by atoms with van der Waals surface area (Å²) in [4.78, 5) is 28.3. The number of carbonyl (C=O) groups is 2. The SMILES string of the molecule is O=C(/C=C/c1ccccc1)Nc1nc(CC(=O)Nc2ccc(F)c(Cl)c2)cs1. The maximum atomic E-state index is 13.1. The molecule has 0 bridgehead atoms. The van der Waals surface area contributed by atoms with Crippen LogP contribution in [-0.2, 0) is 16.0 Å². The Morgan fingerprint density at radius 1 is 1.14 bits per heavy atom. The number of rotatable bonds is 6. The maximum Gasteiger partial charge on any atom is 0.250 e. The molecule has 0 fully saturated rings. The van der Waals surface area contributed by atoms with Crippen LogP contribution in [0.3, 0.4) is 0 Å². The van der Waals surface area contributed by atoms with Crippen LogP contribution in [0, 0.1) is 5.82 Å². The van der Waals surface area contributed by atoms with E-state index >= 15 is 0 Å². The van der Waals surface area contributed by atoms with Gasteiger partial charge < -0.3 is 5.32 Å². The van der Waals surface area contributed by atoms with Crippen LogP contribution in [0.1, 0.15) is 11.3 Å². The molecular weight excluding hydrogens is 401 g/mol. The molecule has 0 atom stereocenters. The first kappa shape index (κ1) is 19.7. The van der Waals surface area contributed by atoms with Gasteiger partial charge in [0.25, 0.3) is 0 Å². The highest BCUT2D eigenvalue weighted by Gasteiger charge is 2.10. The lowest BCUT2D eigenvalue weighted by atomic mass is 10.2. The van der Waals surface area contributed by atoms with E-state index in [4.69, 9.17) is 11.6 Å². The van der Waals surface area contributed by atoms with Gasteiger partial charge in [0.05, 0.1) is 17.1 Å². The van der Waals surface area contributed by atoms with E-state index in [1.165, 1.54) is 35.6 Å². The number of thiazole rings is 1. The van der Waals surface area contributed by atoms with Crippen molar-refractivity contribution >= 4 is 51.6 Å². The number of aromatic nitrogens is 1. The molecule has 3 rings (SSSR count). The summed E-state index contributed by atoms with van der Waals surface area (Å²) in [6.07, 6.45) is 3.13. The van der Waals surface area contributed by atoms with E-state index in [1.807, 2.05) is 30.3 Å². The maximum absolute atomic E-state index is 13.1. The number of hydrogen-bond acceptors (Lipinski definition) is 4. The Balaban J connectivity index is 1.53. The lowest BCUT2D eigenvalue weighted by Gasteiger charge is -2.04. The molecule has 0 unspecified atom stereocenters. The van der Waals surface area contributed by atoms with Gasteiger partial charge >= 0.3 is 0 Å². The van der Waals surface area contributed by atoms with E-state index in [1.54, 1.807) is 11.5 Å². The second-order valence-corrected chi connectivity index (χ2v) is 7.00. The largest absolute Gasteiger partial charge is 0.326 e. The predicted octanol–water partition coefficient (Wildman–Crippen LogP) is 4.77. The zero-order valence-corrected chi connectivity index (χ0v) is 16.1. The lowest BCUT2D eigenvalue weighted by Crippen LogP contribution is -2.15. The number of halogens is 2. The standard InChI is InChI=1S/C20H15ClFN3O2S/c21-16-10-14(7-8-17(16)22)23-19(27)11-15-12-28-20(24-15)25-18(26)9-6-13-4-2-1-3-5-13/h1-10,12H,11H2,(H,23,27)(H,24,25,26)/b9-6+. The van der Waals surface area contributed by atoms with Crippen molar-refractivity contribution in [2.24, 2.45) is 0 Å². The molecule has 0 spiro atoms. The summed E-state index contributed by atoms with van der Waals surface area (Å²) >= 11 is 6.92. The first-order valence-corrected chi connectivity index (χ1v) is 9.49. The molecular formula is C20H15ClFN3O2S. The molecule has 0 aliphatic rings. The van der Waals surface area contributed by atoms with Crippen LogP contribution in [0.2, 0.25) is 5.02 Å². The second kappa shape index (κ2) is 9.25. The number of nitrogens with one attached hydrogen (secondary N) is 2. The molecule has 2 aromatic carbocycles. The number of anilines is 2. The highest BCUT2D eigenvalue weighted by atomic mass is 35.5. The van der Waals surface area contributed by atoms with Crippen molar-refractivity contribution in [1.29, 1.82) is 0 Å². The Kier molecular flexibility index (Phi) is 6.52. The first-order chi connectivity index (χ1) is 13.5. The van der Waals surface area contributed by atoms with Crippen LogP contribution >= 0.6 is 22.9 Å². The fourth-order valence-corrected chi connectivity index (χ4v) is 3.17. The fourth-order valence-electron chi connectivity index (χ4n) is 2.27. The number of amides is 2. The number of hydrogen-bond donors (Lipinski definition) is 2. The van der Waals surface area contributed by atoms with Crippen molar-refractivity contribution in [3.8, 4) is 0 Å². The van der Waals surface area contributed by atoms with Gasteiger partial charge in [-0.2, -0.15) is 0 Å². The van der Waals surface area contributed by atoms with Crippen LogP contribution in [0.15, 0.2) is 60.0 Å². The molecule has 1 heterocycles. The van der Waals surface area contributed by atoms with E-state index in [0.29, 0.717) is 16.5 Å². The minimum atomic E-state index is -0.555. The third-order valence-corrected chi connectivity index (χ3v) is 4.65. The van der Waals surface area contributed by atoms with Gasteiger partial charge in [0.15, 0.2) is 5.13 Å². The summed E-state index contributed by atoms with van der Waals surface area (Å²) in [5.74, 6) is -1.19. The van der Waals surface area contributed by atoms with Crippen LogP contribution in [0.5, 0.6) is 0 Å². The molecule has 0 saturated heterocycles. The molecule has 2 amide bonds. The Morgan fingerprint density at radius 2 is 1.93 bits per heavy atom. The molecule has 2 N–H and O–H groups in total. The van der Waals surface area contributed by atoms with Gasteiger partial charge in [-0.3, -0.25) is 14.9 Å². The zero-order chi connectivity index (χ0) is 19.9. The van der Waals surface area contributed by atoms with Gasteiger partial charge in [-0.25, -0.2) is 9.37 Å². The third kappa shape index (κ3) is 5.73. The van der Waals surface area contributed by atoms with Crippen LogP contribution in [0.4, 0.5) is 15.2 Å². The minimum absolute atomic E-state index is 0.0151. The Morgan fingerprint density at radius 3 is 2.68 bits per heavy atom. The van der Waals surface area contributed by atoms with Gasteiger partial charge in [-0.15, -0.1) is 11.3 Å². The molecule has 0 aliphatic heterocycles. The predicted molar refractivity (Wildman–Crippen MR) is 110 cm³/mol. The van der Waals surface area contributed by atoms with Crippen molar-refractivity contribution in [3.05, 3.63) is 82.1 Å². The summed E-state index contributed by atoms with van der Waals surface area (Å²) in [6.45, 7) is 0. The first-order valence-electron chi connectivity index (χ1n) is 8.23. The van der Waals surface area contributed by atoms with E-state index in [-0.39, 0.29) is 23.3 Å². The van der Waals surface area contributed by atoms with Crippen molar-refractivity contribution < 1.29 is 14.0 Å². The molecule has 0 saturated carbocycles. The average Bonchev–Trinajstić information content (AvgIpc) is 3.10. The lowest BCUT2D eigenvalue weighted by molar-refractivity contribution is -0.115. The van der Waals surface area contributed by atoms with Crippen molar-refractivity contribution in [1.82, 2.24) is 4.98 Å². The molecule has 1 aromatic heterocycles. The third-order valence-electron chi connectivity index (χ3n) is 3.55. The van der Waals surface area contributed by atoms with Gasteiger partial charge in [0, 0.05) is 17.1 Å². The summed E-state index contributed by atoms with van der Waals surface area (Å²) in [5, 5.41) is 7.30. The fraction of sp³-hybridized carbons (Fsp3) is 0.0500. The van der Waals surface area contributed by atoms with Gasteiger partial charge in [-0.1, -0.05) is 41.9 Å². The van der Waals surface area contributed by atoms with E-state index in [2.05, 4.69) is 15.6 Å². The zero-order valence-electron chi connectivity index (χ0n) is 14.5. The number of nitrogens with zero attached hydrogens (tertiary/aromatic N) is 1. The van der Waals surface area contributed by atoms with E-state index in [9.17, 15) is 14.0 Å². The van der Waals surface area contributed by atoms with Crippen molar-refractivity contribution in [2.45, 2.75) is 6.42 Å². The molecule has 0 aliphatic carbocycles. The monoisotopic (exact) mass is 415 g/mol. The topological polar surface area (TPSA) is 71.1 Å². The van der Waals surface area contributed by atoms with Crippen molar-refractivity contribution in [3.63, 3.8) is 0 Å². The van der Waals surface area contributed by atoms with Gasteiger partial charge in [0.2, 0.25) is 11.8 Å². The van der Waals surface area contributed by atoms with Gasteiger partial charge in [-0.05, 0) is 29.8 Å². The number of carbonyl (C=O) groups excluding carboxylic acids is 2. The number of benzene rings is 2.